The van der Waals surface area contributed by atoms with Crippen LogP contribution in [0.15, 0.2) is 42.5 Å². The van der Waals surface area contributed by atoms with Gasteiger partial charge in [0.2, 0.25) is 0 Å². The van der Waals surface area contributed by atoms with Crippen molar-refractivity contribution in [3.63, 3.8) is 0 Å². The number of carbonyl (C=O) groups is 2. The van der Waals surface area contributed by atoms with Crippen LogP contribution in [0, 0.1) is 11.3 Å². The van der Waals surface area contributed by atoms with E-state index < -0.39 is 11.4 Å². The number of ether oxygens (including phenoxy) is 1. The lowest BCUT2D eigenvalue weighted by molar-refractivity contribution is -0.148. The zero-order valence-corrected chi connectivity index (χ0v) is 15.4. The molecule has 0 aliphatic carbocycles. The van der Waals surface area contributed by atoms with Crippen molar-refractivity contribution in [1.82, 2.24) is 9.80 Å². The molecule has 0 aromatic heterocycles. The van der Waals surface area contributed by atoms with Gasteiger partial charge in [-0.15, -0.1) is 0 Å². The van der Waals surface area contributed by atoms with Crippen LogP contribution >= 0.6 is 0 Å². The molecule has 2 aromatic rings. The lowest BCUT2D eigenvalue weighted by atomic mass is 9.81. The van der Waals surface area contributed by atoms with E-state index in [2.05, 4.69) is 4.90 Å². The van der Waals surface area contributed by atoms with Crippen LogP contribution in [0.5, 0.6) is 0 Å². The summed E-state index contributed by atoms with van der Waals surface area (Å²) in [5.74, 6) is -0.934. The maximum Gasteiger partial charge on any atom is 0.313 e. The van der Waals surface area contributed by atoms with Gasteiger partial charge in [0.25, 0.3) is 5.91 Å². The number of likely N-dealkylation sites (tertiary alicyclic amines) is 2. The Hall–Kier alpha value is -2.44. The second kappa shape index (κ2) is 6.94. The molecular weight excluding hydrogens is 344 g/mol. The van der Waals surface area contributed by atoms with E-state index in [-0.39, 0.29) is 18.4 Å². The molecule has 0 spiro atoms. The highest BCUT2D eigenvalue weighted by Gasteiger charge is 2.58. The number of carbonyl (C=O) groups excluding carboxylic acids is 1. The van der Waals surface area contributed by atoms with Gasteiger partial charge in [-0.25, -0.2) is 0 Å². The van der Waals surface area contributed by atoms with Crippen molar-refractivity contribution in [2.75, 3.05) is 46.4 Å². The summed E-state index contributed by atoms with van der Waals surface area (Å²) in [6.07, 6.45) is 0. The summed E-state index contributed by atoms with van der Waals surface area (Å²) in [6, 6.07) is 13.6. The molecule has 2 fully saturated rings. The van der Waals surface area contributed by atoms with Gasteiger partial charge in [-0.3, -0.25) is 14.5 Å². The van der Waals surface area contributed by atoms with Crippen molar-refractivity contribution in [2.24, 2.45) is 11.3 Å². The van der Waals surface area contributed by atoms with Gasteiger partial charge in [-0.05, 0) is 22.9 Å². The number of hydrogen-bond acceptors (Lipinski definition) is 4. The first-order chi connectivity index (χ1) is 13.0. The molecule has 2 saturated heterocycles. The Morgan fingerprint density at radius 2 is 1.93 bits per heavy atom. The Morgan fingerprint density at radius 3 is 2.63 bits per heavy atom. The maximum absolute atomic E-state index is 13.0. The first kappa shape index (κ1) is 17.9. The van der Waals surface area contributed by atoms with E-state index in [1.165, 1.54) is 0 Å². The van der Waals surface area contributed by atoms with Gasteiger partial charge < -0.3 is 14.7 Å². The third-order valence-electron chi connectivity index (χ3n) is 6.00. The minimum Gasteiger partial charge on any atom is -0.481 e. The maximum atomic E-state index is 13.0. The Labute approximate surface area is 158 Å². The quantitative estimate of drug-likeness (QED) is 0.874. The minimum atomic E-state index is -0.875. The highest BCUT2D eigenvalue weighted by molar-refractivity contribution is 5.99. The van der Waals surface area contributed by atoms with Gasteiger partial charge >= 0.3 is 5.97 Å². The van der Waals surface area contributed by atoms with Gasteiger partial charge in [0.15, 0.2) is 0 Å². The number of fused-ring (bicyclic) bond motifs is 2. The van der Waals surface area contributed by atoms with E-state index >= 15 is 0 Å². The molecule has 0 bridgehead atoms. The van der Waals surface area contributed by atoms with E-state index in [1.54, 1.807) is 12.0 Å². The van der Waals surface area contributed by atoms with Gasteiger partial charge in [0.1, 0.15) is 5.41 Å². The second-order valence-electron chi connectivity index (χ2n) is 7.63. The van der Waals surface area contributed by atoms with E-state index in [1.807, 2.05) is 42.5 Å². The van der Waals surface area contributed by atoms with Crippen molar-refractivity contribution in [3.05, 3.63) is 48.0 Å². The summed E-state index contributed by atoms with van der Waals surface area (Å²) in [4.78, 5) is 29.0. The van der Waals surface area contributed by atoms with Gasteiger partial charge in [0, 0.05) is 51.3 Å². The summed E-state index contributed by atoms with van der Waals surface area (Å²) >= 11 is 0. The Morgan fingerprint density at radius 1 is 1.15 bits per heavy atom. The molecule has 1 N–H and O–H groups in total. The minimum absolute atomic E-state index is 0.0451. The normalized spacial score (nSPS) is 25.1. The zero-order valence-electron chi connectivity index (χ0n) is 15.4. The van der Waals surface area contributed by atoms with Crippen LogP contribution in [0.2, 0.25) is 0 Å². The summed E-state index contributed by atoms with van der Waals surface area (Å²) in [5.41, 5.74) is -0.259. The number of nitrogens with zero attached hydrogens (tertiary/aromatic N) is 2. The van der Waals surface area contributed by atoms with Crippen LogP contribution in [-0.2, 0) is 9.53 Å². The number of carboxylic acid groups (broad SMARTS) is 1. The second-order valence-corrected chi connectivity index (χ2v) is 7.63. The molecule has 27 heavy (non-hydrogen) atoms. The van der Waals surface area contributed by atoms with Crippen molar-refractivity contribution < 1.29 is 19.4 Å². The lowest BCUT2D eigenvalue weighted by Crippen LogP contribution is -2.42. The molecule has 142 valence electrons. The molecule has 6 nitrogen and oxygen atoms in total. The van der Waals surface area contributed by atoms with Crippen LogP contribution in [-0.4, -0.2) is 73.2 Å². The Kier molecular flexibility index (Phi) is 4.61. The molecule has 2 atom stereocenters. The lowest BCUT2D eigenvalue weighted by Gasteiger charge is -2.25. The van der Waals surface area contributed by atoms with E-state index in [0.29, 0.717) is 31.8 Å². The number of amides is 1. The summed E-state index contributed by atoms with van der Waals surface area (Å²) in [5, 5.41) is 12.0. The summed E-state index contributed by atoms with van der Waals surface area (Å²) in [7, 11) is 1.65. The number of benzene rings is 2. The number of methoxy groups -OCH3 is 1. The average molecular weight is 368 g/mol. The molecule has 1 amide bonds. The fraction of sp³-hybridized carbons (Fsp3) is 0.429. The molecule has 6 heteroatoms. The van der Waals surface area contributed by atoms with E-state index in [9.17, 15) is 14.7 Å². The molecule has 2 heterocycles. The van der Waals surface area contributed by atoms with Crippen LogP contribution in [0.25, 0.3) is 10.8 Å². The van der Waals surface area contributed by atoms with Crippen molar-refractivity contribution in [2.45, 2.75) is 0 Å². The smallest absolute Gasteiger partial charge is 0.313 e. The van der Waals surface area contributed by atoms with Gasteiger partial charge in [-0.2, -0.15) is 0 Å². The monoisotopic (exact) mass is 368 g/mol. The van der Waals surface area contributed by atoms with Crippen LogP contribution in [0.1, 0.15) is 10.4 Å². The first-order valence-corrected chi connectivity index (χ1v) is 9.26. The Balaban J connectivity index is 1.54. The molecule has 0 saturated carbocycles. The average Bonchev–Trinajstić information content (AvgIpc) is 3.20. The topological polar surface area (TPSA) is 70.1 Å². The molecule has 2 aromatic carbocycles. The highest BCUT2D eigenvalue weighted by atomic mass is 16.5. The molecule has 2 aliphatic heterocycles. The molecule has 2 aliphatic rings. The summed E-state index contributed by atoms with van der Waals surface area (Å²) < 4.78 is 5.12. The van der Waals surface area contributed by atoms with Crippen LogP contribution < -0.4 is 0 Å². The number of carboxylic acids is 1. The largest absolute Gasteiger partial charge is 0.481 e. The third-order valence-corrected chi connectivity index (χ3v) is 6.00. The van der Waals surface area contributed by atoms with E-state index in [0.717, 1.165) is 17.3 Å². The van der Waals surface area contributed by atoms with Crippen molar-refractivity contribution in [3.8, 4) is 0 Å². The fourth-order valence-corrected chi connectivity index (χ4v) is 4.52. The number of hydrogen-bond donors (Lipinski definition) is 1. The highest BCUT2D eigenvalue weighted by Crippen LogP contribution is 2.43. The SMILES string of the molecule is COCCN1C[C@H]2CN(C(=O)c3ccc4ccccc4c3)C[C@@]2(C(=O)O)C1. The predicted octanol–water partition coefficient (Wildman–Crippen LogP) is 1.94. The molecule has 4 rings (SSSR count). The fourth-order valence-electron chi connectivity index (χ4n) is 4.52. The van der Waals surface area contributed by atoms with Crippen molar-refractivity contribution >= 4 is 22.6 Å². The third kappa shape index (κ3) is 3.09. The Bertz CT molecular complexity index is 883. The standard InChI is InChI=1S/C21H24N2O4/c1-27-9-8-22-11-18-12-23(14-21(18,13-22)20(25)26)19(24)17-7-6-15-4-2-3-5-16(15)10-17/h2-7,10,18H,8-9,11-14H2,1H3,(H,25,26)/t18-,21-/m0/s1. The van der Waals surface area contributed by atoms with Crippen molar-refractivity contribution in [1.29, 1.82) is 0 Å². The zero-order chi connectivity index (χ0) is 19.0. The predicted molar refractivity (Wildman–Crippen MR) is 102 cm³/mol. The first-order valence-electron chi connectivity index (χ1n) is 9.26. The van der Waals surface area contributed by atoms with Crippen LogP contribution in [0.3, 0.4) is 0 Å². The number of rotatable bonds is 5. The van der Waals surface area contributed by atoms with E-state index in [4.69, 9.17) is 4.74 Å². The molecule has 0 unspecified atom stereocenters. The number of aliphatic carboxylic acids is 1. The molecule has 0 radical (unpaired) electrons. The molecular formula is C21H24N2O4. The van der Waals surface area contributed by atoms with Gasteiger partial charge in [0.05, 0.1) is 6.61 Å². The van der Waals surface area contributed by atoms with Crippen LogP contribution in [0.4, 0.5) is 0 Å². The summed E-state index contributed by atoms with van der Waals surface area (Å²) in [6.45, 7) is 3.22. The van der Waals surface area contributed by atoms with Gasteiger partial charge in [-0.1, -0.05) is 30.3 Å².